The summed E-state index contributed by atoms with van der Waals surface area (Å²) in [6.07, 6.45) is 5.17. The maximum Gasteiger partial charge on any atom is 0.280 e. The van der Waals surface area contributed by atoms with Crippen LogP contribution >= 0.6 is 11.3 Å². The number of thiazole rings is 1. The van der Waals surface area contributed by atoms with Crippen LogP contribution in [0.5, 0.6) is 0 Å². The molecule has 7 heteroatoms. The average Bonchev–Trinajstić information content (AvgIpc) is 3.36. The highest BCUT2D eigenvalue weighted by Gasteiger charge is 2.42. The summed E-state index contributed by atoms with van der Waals surface area (Å²) < 4.78 is 2.10. The number of imidazole rings is 1. The number of benzene rings is 1. The summed E-state index contributed by atoms with van der Waals surface area (Å²) in [5, 5.41) is 2.94. The second-order valence-corrected chi connectivity index (χ2v) is 7.68. The first-order valence-electron chi connectivity index (χ1n) is 8.56. The first-order valence-corrected chi connectivity index (χ1v) is 9.38. The number of aromatic nitrogens is 3. The quantitative estimate of drug-likeness (QED) is 0.758. The minimum Gasteiger partial charge on any atom is -0.353 e. The normalized spacial score (nSPS) is 20.4. The van der Waals surface area contributed by atoms with Gasteiger partial charge in [0.15, 0.2) is 10.8 Å². The number of nitrogens with zero attached hydrogens (tertiary/aromatic N) is 3. The largest absolute Gasteiger partial charge is 0.353 e. The fourth-order valence-electron chi connectivity index (χ4n) is 4.10. The van der Waals surface area contributed by atoms with E-state index in [0.717, 1.165) is 34.5 Å². The molecule has 2 aliphatic rings. The van der Waals surface area contributed by atoms with E-state index < -0.39 is 0 Å². The van der Waals surface area contributed by atoms with Gasteiger partial charge in [-0.3, -0.25) is 9.59 Å². The van der Waals surface area contributed by atoms with Crippen LogP contribution in [0.1, 0.15) is 43.2 Å². The van der Waals surface area contributed by atoms with Crippen molar-refractivity contribution in [1.82, 2.24) is 19.9 Å². The topological polar surface area (TPSA) is 76.9 Å². The zero-order chi connectivity index (χ0) is 17.8. The third-order valence-electron chi connectivity index (χ3n) is 5.27. The van der Waals surface area contributed by atoms with Crippen LogP contribution in [0.4, 0.5) is 0 Å². The first-order chi connectivity index (χ1) is 12.7. The Kier molecular flexibility index (Phi) is 3.33. The molecule has 1 aliphatic carbocycles. The third kappa shape index (κ3) is 2.03. The number of carbonyl (C=O) groups excluding carboxylic acids is 2. The van der Waals surface area contributed by atoms with E-state index in [2.05, 4.69) is 32.0 Å². The summed E-state index contributed by atoms with van der Waals surface area (Å²) >= 11 is 1.33. The molecule has 0 bridgehead atoms. The van der Waals surface area contributed by atoms with E-state index in [1.54, 1.807) is 13.4 Å². The van der Waals surface area contributed by atoms with E-state index in [0.29, 0.717) is 10.7 Å². The molecule has 3 heterocycles. The Balaban J connectivity index is 1.58. The fourth-order valence-corrected chi connectivity index (χ4v) is 5.12. The van der Waals surface area contributed by atoms with Gasteiger partial charge in [0.2, 0.25) is 0 Å². The Morgan fingerprint density at radius 1 is 1.35 bits per heavy atom. The van der Waals surface area contributed by atoms with Crippen molar-refractivity contribution >= 4 is 23.0 Å². The highest BCUT2D eigenvalue weighted by molar-refractivity contribution is 7.14. The number of nitrogens with one attached hydrogen (secondary N) is 1. The summed E-state index contributed by atoms with van der Waals surface area (Å²) in [6.45, 7) is 0. The van der Waals surface area contributed by atoms with Gasteiger partial charge < -0.3 is 9.88 Å². The van der Waals surface area contributed by atoms with Crippen LogP contribution in [0.3, 0.4) is 0 Å². The molecular weight excluding hydrogens is 348 g/mol. The number of hydrogen-bond acceptors (Lipinski definition) is 5. The molecule has 26 heavy (non-hydrogen) atoms. The maximum absolute atomic E-state index is 13.2. The van der Waals surface area contributed by atoms with Crippen molar-refractivity contribution in [2.24, 2.45) is 5.92 Å². The number of aryl methyl sites for hydroxylation is 1. The molecule has 0 fully saturated rings. The van der Waals surface area contributed by atoms with Gasteiger partial charge in [-0.2, -0.15) is 0 Å². The number of carbonyl (C=O) groups is 2. The Bertz CT molecular complexity index is 1050. The predicted molar refractivity (Wildman–Crippen MR) is 97.4 cm³/mol. The Labute approximate surface area is 153 Å². The molecule has 1 amide bonds. The second-order valence-electron chi connectivity index (χ2n) is 6.60. The minimum absolute atomic E-state index is 0.0269. The SMILES string of the molecule is CNC(=O)c1nc2c(s1)CCC(C1c3ccccc3-c3cncn31)C2=O. The molecule has 6 nitrogen and oxygen atoms in total. The summed E-state index contributed by atoms with van der Waals surface area (Å²) in [7, 11) is 1.57. The van der Waals surface area contributed by atoms with Gasteiger partial charge in [-0.1, -0.05) is 24.3 Å². The number of rotatable bonds is 2. The Morgan fingerprint density at radius 3 is 3.04 bits per heavy atom. The number of amides is 1. The highest BCUT2D eigenvalue weighted by atomic mass is 32.1. The molecule has 0 spiro atoms. The van der Waals surface area contributed by atoms with Gasteiger partial charge in [0.1, 0.15) is 5.69 Å². The van der Waals surface area contributed by atoms with Crippen molar-refractivity contribution in [3.8, 4) is 11.3 Å². The predicted octanol–water partition coefficient (Wildman–Crippen LogP) is 2.71. The van der Waals surface area contributed by atoms with Crippen LogP contribution < -0.4 is 5.32 Å². The molecule has 3 aromatic rings. The summed E-state index contributed by atoms with van der Waals surface area (Å²) in [5.41, 5.74) is 3.82. The van der Waals surface area contributed by atoms with E-state index in [4.69, 9.17) is 0 Å². The molecule has 130 valence electrons. The zero-order valence-corrected chi connectivity index (χ0v) is 14.9. The smallest absolute Gasteiger partial charge is 0.280 e. The number of ketones is 1. The van der Waals surface area contributed by atoms with Gasteiger partial charge in [-0.15, -0.1) is 11.3 Å². The van der Waals surface area contributed by atoms with Gasteiger partial charge >= 0.3 is 0 Å². The molecule has 1 N–H and O–H groups in total. The molecule has 1 aliphatic heterocycles. The zero-order valence-electron chi connectivity index (χ0n) is 14.1. The second kappa shape index (κ2) is 5.60. The lowest BCUT2D eigenvalue weighted by Gasteiger charge is -2.27. The number of fused-ring (bicyclic) bond motifs is 4. The minimum atomic E-state index is -0.239. The van der Waals surface area contributed by atoms with Crippen LogP contribution in [-0.4, -0.2) is 33.3 Å². The first kappa shape index (κ1) is 15.5. The molecule has 5 rings (SSSR count). The van der Waals surface area contributed by atoms with Crippen LogP contribution in [0.15, 0.2) is 36.8 Å². The van der Waals surface area contributed by atoms with E-state index in [1.165, 1.54) is 11.3 Å². The van der Waals surface area contributed by atoms with Crippen molar-refractivity contribution in [1.29, 1.82) is 0 Å². The summed E-state index contributed by atoms with van der Waals surface area (Å²) in [5.74, 6) is -0.408. The van der Waals surface area contributed by atoms with E-state index in [1.807, 2.05) is 18.3 Å². The molecule has 0 saturated heterocycles. The van der Waals surface area contributed by atoms with Crippen molar-refractivity contribution in [2.75, 3.05) is 7.05 Å². The summed E-state index contributed by atoms with van der Waals surface area (Å²) in [6, 6.07) is 8.13. The number of Topliss-reactive ketones (excluding diaryl/α,β-unsaturated/α-hetero) is 1. The molecule has 0 saturated carbocycles. The summed E-state index contributed by atoms with van der Waals surface area (Å²) in [4.78, 5) is 34.7. The Morgan fingerprint density at radius 2 is 2.19 bits per heavy atom. The van der Waals surface area contributed by atoms with E-state index in [9.17, 15) is 9.59 Å². The van der Waals surface area contributed by atoms with Crippen LogP contribution in [0.25, 0.3) is 11.3 Å². The van der Waals surface area contributed by atoms with Crippen LogP contribution in [0, 0.1) is 5.92 Å². The van der Waals surface area contributed by atoms with Gasteiger partial charge in [0.25, 0.3) is 5.91 Å². The van der Waals surface area contributed by atoms with Crippen LogP contribution in [0.2, 0.25) is 0 Å². The van der Waals surface area contributed by atoms with Gasteiger partial charge in [-0.05, 0) is 18.4 Å². The van der Waals surface area contributed by atoms with E-state index in [-0.39, 0.29) is 23.7 Å². The molecule has 2 unspecified atom stereocenters. The molecule has 2 atom stereocenters. The molecular formula is C19H16N4O2S. The van der Waals surface area contributed by atoms with Crippen molar-refractivity contribution in [3.63, 3.8) is 0 Å². The highest BCUT2D eigenvalue weighted by Crippen LogP contribution is 2.46. The van der Waals surface area contributed by atoms with E-state index >= 15 is 0 Å². The molecule has 1 aromatic carbocycles. The van der Waals surface area contributed by atoms with Gasteiger partial charge in [-0.25, -0.2) is 9.97 Å². The molecule has 2 aromatic heterocycles. The van der Waals surface area contributed by atoms with Crippen molar-refractivity contribution in [2.45, 2.75) is 18.9 Å². The number of hydrogen-bond donors (Lipinski definition) is 1. The van der Waals surface area contributed by atoms with Crippen molar-refractivity contribution in [3.05, 3.63) is 57.9 Å². The average molecular weight is 364 g/mol. The standard InChI is InChI=1S/C19H16N4O2S/c1-20-18(25)19-22-15-14(26-19)7-6-12(17(15)24)16-11-5-3-2-4-10(11)13-8-21-9-23(13)16/h2-5,8-9,12,16H,6-7H2,1H3,(H,20,25). The lowest BCUT2D eigenvalue weighted by atomic mass is 9.81. The van der Waals surface area contributed by atoms with Crippen LogP contribution in [-0.2, 0) is 6.42 Å². The van der Waals surface area contributed by atoms with Gasteiger partial charge in [0, 0.05) is 23.4 Å². The van der Waals surface area contributed by atoms with Gasteiger partial charge in [0.05, 0.1) is 24.3 Å². The van der Waals surface area contributed by atoms with Crippen molar-refractivity contribution < 1.29 is 9.59 Å². The lowest BCUT2D eigenvalue weighted by molar-refractivity contribution is 0.0867. The maximum atomic E-state index is 13.2. The fraction of sp³-hybridized carbons (Fsp3) is 0.263. The molecule has 0 radical (unpaired) electrons. The lowest BCUT2D eigenvalue weighted by Crippen LogP contribution is -2.30. The third-order valence-corrected chi connectivity index (χ3v) is 6.39. The Hall–Kier alpha value is -2.80. The monoisotopic (exact) mass is 364 g/mol.